The maximum atomic E-state index is 13.1. The van der Waals surface area contributed by atoms with Gasteiger partial charge in [0.15, 0.2) is 0 Å². The van der Waals surface area contributed by atoms with Crippen molar-refractivity contribution in [1.29, 1.82) is 0 Å². The largest absolute Gasteiger partial charge is 0.271 e. The van der Waals surface area contributed by atoms with E-state index in [2.05, 4.69) is 35.2 Å². The molecule has 0 saturated carbocycles. The average Bonchev–Trinajstić information content (AvgIpc) is 2.25. The standard InChI is InChI=1S/C12H18BrFN2/c1-3-4-8(2)12(16-15)9-5-6-11(14)10(13)7-9/h5-8,12,16H,3-4,15H2,1-2H3. The van der Waals surface area contributed by atoms with Crippen molar-refractivity contribution < 1.29 is 4.39 Å². The van der Waals surface area contributed by atoms with Gasteiger partial charge >= 0.3 is 0 Å². The van der Waals surface area contributed by atoms with Crippen LogP contribution >= 0.6 is 15.9 Å². The lowest BCUT2D eigenvalue weighted by Gasteiger charge is -2.23. The second-order valence-corrected chi connectivity index (χ2v) is 4.94. The van der Waals surface area contributed by atoms with Crippen LogP contribution in [0.3, 0.4) is 0 Å². The minimum absolute atomic E-state index is 0.0665. The maximum absolute atomic E-state index is 13.1. The summed E-state index contributed by atoms with van der Waals surface area (Å²) in [5.41, 5.74) is 3.82. The molecular formula is C12H18BrFN2. The molecule has 0 bridgehead atoms. The van der Waals surface area contributed by atoms with E-state index in [0.717, 1.165) is 18.4 Å². The zero-order chi connectivity index (χ0) is 12.1. The number of hydrazine groups is 1. The van der Waals surface area contributed by atoms with Gasteiger partial charge in [-0.15, -0.1) is 0 Å². The van der Waals surface area contributed by atoms with Crippen molar-refractivity contribution in [3.63, 3.8) is 0 Å². The first-order chi connectivity index (χ1) is 7.60. The SMILES string of the molecule is CCCC(C)C(NN)c1ccc(F)c(Br)c1. The van der Waals surface area contributed by atoms with Crippen LogP contribution in [0.2, 0.25) is 0 Å². The first-order valence-corrected chi connectivity index (χ1v) is 6.30. The van der Waals surface area contributed by atoms with Crippen LogP contribution in [-0.4, -0.2) is 0 Å². The van der Waals surface area contributed by atoms with Crippen LogP contribution in [-0.2, 0) is 0 Å². The predicted octanol–water partition coefficient (Wildman–Crippen LogP) is 3.53. The smallest absolute Gasteiger partial charge is 0.137 e. The minimum atomic E-state index is -0.248. The van der Waals surface area contributed by atoms with Crippen molar-refractivity contribution in [1.82, 2.24) is 5.43 Å². The van der Waals surface area contributed by atoms with Gasteiger partial charge in [-0.1, -0.05) is 26.3 Å². The van der Waals surface area contributed by atoms with Gasteiger partial charge in [-0.3, -0.25) is 11.3 Å². The zero-order valence-corrected chi connectivity index (χ0v) is 11.2. The summed E-state index contributed by atoms with van der Waals surface area (Å²) in [4.78, 5) is 0. The number of nitrogens with two attached hydrogens (primary N) is 1. The van der Waals surface area contributed by atoms with E-state index in [1.54, 1.807) is 12.1 Å². The molecule has 0 aliphatic heterocycles. The van der Waals surface area contributed by atoms with Gasteiger partial charge in [0.25, 0.3) is 0 Å². The Labute approximate surface area is 105 Å². The van der Waals surface area contributed by atoms with Gasteiger partial charge in [0, 0.05) is 6.04 Å². The van der Waals surface area contributed by atoms with Crippen LogP contribution in [0.15, 0.2) is 22.7 Å². The number of nitrogens with one attached hydrogen (secondary N) is 1. The molecule has 0 radical (unpaired) electrons. The summed E-state index contributed by atoms with van der Waals surface area (Å²) in [5, 5.41) is 0. The molecular weight excluding hydrogens is 271 g/mol. The van der Waals surface area contributed by atoms with Crippen molar-refractivity contribution >= 4 is 15.9 Å². The lowest BCUT2D eigenvalue weighted by atomic mass is 9.91. The second-order valence-electron chi connectivity index (χ2n) is 4.08. The topological polar surface area (TPSA) is 38.0 Å². The molecule has 0 aliphatic rings. The van der Waals surface area contributed by atoms with E-state index >= 15 is 0 Å². The van der Waals surface area contributed by atoms with Crippen LogP contribution in [0.1, 0.15) is 38.3 Å². The summed E-state index contributed by atoms with van der Waals surface area (Å²) in [6.45, 7) is 4.29. The van der Waals surface area contributed by atoms with Crippen LogP contribution < -0.4 is 11.3 Å². The molecule has 0 aromatic heterocycles. The molecule has 0 fully saturated rings. The van der Waals surface area contributed by atoms with E-state index in [-0.39, 0.29) is 11.9 Å². The number of halogens is 2. The molecule has 0 heterocycles. The average molecular weight is 289 g/mol. The molecule has 1 aromatic rings. The number of hydrogen-bond acceptors (Lipinski definition) is 2. The van der Waals surface area contributed by atoms with Crippen LogP contribution in [0.4, 0.5) is 4.39 Å². The summed E-state index contributed by atoms with van der Waals surface area (Å²) in [6.07, 6.45) is 2.20. The highest BCUT2D eigenvalue weighted by molar-refractivity contribution is 9.10. The quantitative estimate of drug-likeness (QED) is 0.643. The number of hydrogen-bond donors (Lipinski definition) is 2. The molecule has 0 amide bonds. The Balaban J connectivity index is 2.90. The molecule has 3 N–H and O–H groups in total. The van der Waals surface area contributed by atoms with E-state index < -0.39 is 0 Å². The third-order valence-electron chi connectivity index (χ3n) is 2.80. The number of rotatable bonds is 5. The Kier molecular flexibility index (Phi) is 5.38. The fourth-order valence-electron chi connectivity index (χ4n) is 1.92. The van der Waals surface area contributed by atoms with Crippen molar-refractivity contribution in [2.45, 2.75) is 32.7 Å². The molecule has 16 heavy (non-hydrogen) atoms. The van der Waals surface area contributed by atoms with Gasteiger partial charge < -0.3 is 0 Å². The van der Waals surface area contributed by atoms with Crippen LogP contribution in [0.25, 0.3) is 0 Å². The first-order valence-electron chi connectivity index (χ1n) is 5.51. The van der Waals surface area contributed by atoms with Crippen LogP contribution in [0, 0.1) is 11.7 Å². The number of benzene rings is 1. The Hall–Kier alpha value is -0.450. The third kappa shape index (κ3) is 3.27. The molecule has 0 saturated heterocycles. The summed E-state index contributed by atoms with van der Waals surface area (Å²) >= 11 is 3.19. The normalized spacial score (nSPS) is 14.8. The molecule has 0 aliphatic carbocycles. The molecule has 2 unspecified atom stereocenters. The van der Waals surface area contributed by atoms with Gasteiger partial charge in [-0.05, 0) is 46.0 Å². The summed E-state index contributed by atoms with van der Waals surface area (Å²) in [5.74, 6) is 5.74. The highest BCUT2D eigenvalue weighted by atomic mass is 79.9. The Morgan fingerprint density at radius 2 is 2.19 bits per heavy atom. The van der Waals surface area contributed by atoms with E-state index in [0.29, 0.717) is 10.4 Å². The molecule has 0 spiro atoms. The van der Waals surface area contributed by atoms with Crippen molar-refractivity contribution in [3.8, 4) is 0 Å². The molecule has 2 nitrogen and oxygen atoms in total. The highest BCUT2D eigenvalue weighted by Gasteiger charge is 2.18. The lowest BCUT2D eigenvalue weighted by Crippen LogP contribution is -2.32. The fourth-order valence-corrected chi connectivity index (χ4v) is 2.31. The molecule has 1 rings (SSSR count). The van der Waals surface area contributed by atoms with Crippen molar-refractivity contribution in [2.75, 3.05) is 0 Å². The molecule has 4 heteroatoms. The summed E-state index contributed by atoms with van der Waals surface area (Å²) in [7, 11) is 0. The highest BCUT2D eigenvalue weighted by Crippen LogP contribution is 2.27. The van der Waals surface area contributed by atoms with E-state index in [1.165, 1.54) is 6.07 Å². The van der Waals surface area contributed by atoms with Gasteiger partial charge in [0.1, 0.15) is 5.82 Å². The van der Waals surface area contributed by atoms with Gasteiger partial charge in [-0.2, -0.15) is 0 Å². The lowest BCUT2D eigenvalue weighted by molar-refractivity contribution is 0.368. The maximum Gasteiger partial charge on any atom is 0.137 e. The Morgan fingerprint density at radius 1 is 1.50 bits per heavy atom. The fraction of sp³-hybridized carbons (Fsp3) is 0.500. The van der Waals surface area contributed by atoms with Crippen molar-refractivity contribution in [3.05, 3.63) is 34.1 Å². The minimum Gasteiger partial charge on any atom is -0.271 e. The Morgan fingerprint density at radius 3 is 2.69 bits per heavy atom. The molecule has 90 valence electrons. The summed E-state index contributed by atoms with van der Waals surface area (Å²) < 4.78 is 13.6. The monoisotopic (exact) mass is 288 g/mol. The van der Waals surface area contributed by atoms with E-state index in [1.807, 2.05) is 0 Å². The zero-order valence-electron chi connectivity index (χ0n) is 9.63. The van der Waals surface area contributed by atoms with Gasteiger partial charge in [-0.25, -0.2) is 4.39 Å². The first kappa shape index (κ1) is 13.6. The van der Waals surface area contributed by atoms with E-state index in [4.69, 9.17) is 5.84 Å². The molecule has 2 atom stereocenters. The predicted molar refractivity (Wildman–Crippen MR) is 68.2 cm³/mol. The van der Waals surface area contributed by atoms with Gasteiger partial charge in [0.2, 0.25) is 0 Å². The Bertz CT molecular complexity index is 344. The second kappa shape index (κ2) is 6.33. The van der Waals surface area contributed by atoms with Gasteiger partial charge in [0.05, 0.1) is 4.47 Å². The molecule has 1 aromatic carbocycles. The third-order valence-corrected chi connectivity index (χ3v) is 3.40. The van der Waals surface area contributed by atoms with Crippen molar-refractivity contribution in [2.24, 2.45) is 11.8 Å². The van der Waals surface area contributed by atoms with Crippen LogP contribution in [0.5, 0.6) is 0 Å². The van der Waals surface area contributed by atoms with E-state index in [9.17, 15) is 4.39 Å². The summed E-state index contributed by atoms with van der Waals surface area (Å²) in [6, 6.07) is 5.09.